The fraction of sp³-hybridized carbons (Fsp3) is 0.250. The average Bonchev–Trinajstić information content (AvgIpc) is 2.98. The zero-order valence-corrected chi connectivity index (χ0v) is 23.0. The smallest absolute Gasteiger partial charge is 0.222 e. The highest BCUT2D eigenvalue weighted by Gasteiger charge is 2.21. The highest BCUT2D eigenvalue weighted by Crippen LogP contribution is 2.31. The van der Waals surface area contributed by atoms with Crippen LogP contribution in [0.1, 0.15) is 32.6 Å². The summed E-state index contributed by atoms with van der Waals surface area (Å²) in [7, 11) is 1.77. The average molecular weight is 551 g/mol. The molecule has 41 heavy (non-hydrogen) atoms. The number of carbonyl (C=O) groups is 1. The van der Waals surface area contributed by atoms with E-state index < -0.39 is 0 Å². The van der Waals surface area contributed by atoms with Gasteiger partial charge in [0.25, 0.3) is 0 Å². The number of rotatable bonds is 6. The number of amides is 1. The molecule has 6 rings (SSSR count). The number of halogens is 1. The zero-order valence-electron chi connectivity index (χ0n) is 23.0. The third-order valence-corrected chi connectivity index (χ3v) is 7.43. The third-order valence-electron chi connectivity index (χ3n) is 7.43. The molecule has 0 spiro atoms. The fourth-order valence-electron chi connectivity index (χ4n) is 5.40. The number of pyridine rings is 1. The number of benzene rings is 3. The van der Waals surface area contributed by atoms with E-state index in [9.17, 15) is 9.18 Å². The molecule has 3 aliphatic rings. The molecular weight excluding hydrogens is 519 g/mol. The highest BCUT2D eigenvalue weighted by atomic mass is 19.1. The minimum Gasteiger partial charge on any atom is -0.381 e. The number of ether oxygens (including phenoxy) is 1. The van der Waals surface area contributed by atoms with Crippen LogP contribution in [0.3, 0.4) is 0 Å². The Hall–Kier alpha value is -4.63. The summed E-state index contributed by atoms with van der Waals surface area (Å²) in [6.45, 7) is 1.45. The van der Waals surface area contributed by atoms with Crippen molar-refractivity contribution in [1.82, 2.24) is 14.5 Å². The monoisotopic (exact) mass is 550 g/mol. The maximum atomic E-state index is 13.9. The molecule has 8 nitrogen and oxygen atoms in total. The van der Waals surface area contributed by atoms with Gasteiger partial charge in [-0.25, -0.2) is 14.4 Å². The number of anilines is 3. The minimum absolute atomic E-state index is 0.160. The van der Waals surface area contributed by atoms with Gasteiger partial charge in [0.15, 0.2) is 0 Å². The van der Waals surface area contributed by atoms with Crippen LogP contribution in [0.25, 0.3) is 28.1 Å². The highest BCUT2D eigenvalue weighted by molar-refractivity contribution is 5.88. The summed E-state index contributed by atoms with van der Waals surface area (Å²) in [6.07, 6.45) is 5.78. The molecule has 208 valence electrons. The van der Waals surface area contributed by atoms with Crippen molar-refractivity contribution in [1.29, 1.82) is 0 Å². The molecule has 1 amide bonds. The normalized spacial score (nSPS) is 17.6. The lowest BCUT2D eigenvalue weighted by molar-refractivity contribution is -0.114. The van der Waals surface area contributed by atoms with E-state index in [0.29, 0.717) is 5.82 Å². The molecule has 0 radical (unpaired) electrons. The second-order valence-electron chi connectivity index (χ2n) is 10.3. The first kappa shape index (κ1) is 26.6. The van der Waals surface area contributed by atoms with Gasteiger partial charge in [0.1, 0.15) is 11.6 Å². The van der Waals surface area contributed by atoms with E-state index in [1.54, 1.807) is 31.5 Å². The Morgan fingerprint density at radius 2 is 1.80 bits per heavy atom. The molecule has 1 fully saturated rings. The molecular formula is C32H31FN6O2. The molecule has 2 aliphatic carbocycles. The second kappa shape index (κ2) is 11.5. The van der Waals surface area contributed by atoms with Crippen LogP contribution in [-0.4, -0.2) is 39.7 Å². The van der Waals surface area contributed by atoms with Crippen LogP contribution in [0.5, 0.6) is 0 Å². The lowest BCUT2D eigenvalue weighted by Gasteiger charge is -2.25. The van der Waals surface area contributed by atoms with Crippen molar-refractivity contribution in [3.63, 3.8) is 0 Å². The van der Waals surface area contributed by atoms with E-state index in [1.807, 2.05) is 36.4 Å². The van der Waals surface area contributed by atoms with Crippen molar-refractivity contribution >= 4 is 34.1 Å². The van der Waals surface area contributed by atoms with E-state index in [2.05, 4.69) is 26.3 Å². The molecule has 2 heterocycles. The summed E-state index contributed by atoms with van der Waals surface area (Å²) in [5.41, 5.74) is 5.75. The molecule has 1 aromatic heterocycles. The van der Waals surface area contributed by atoms with Crippen LogP contribution in [0, 0.1) is 5.82 Å². The number of para-hydroxylation sites is 2. The summed E-state index contributed by atoms with van der Waals surface area (Å²) in [4.78, 5) is 26.0. The first-order valence-corrected chi connectivity index (χ1v) is 13.8. The molecule has 1 saturated carbocycles. The van der Waals surface area contributed by atoms with Crippen LogP contribution in [0.2, 0.25) is 0 Å². The number of hydrogen-bond acceptors (Lipinski definition) is 6. The lowest BCUT2D eigenvalue weighted by atomic mass is 9.93. The zero-order chi connectivity index (χ0) is 28.3. The SMILES string of the molecule is CO[C@H]1CC[C@H](/N=c2\cc3n(-c4ccc(F)cc4)c4ccccc4nc-3cc2Nc2ccc(NC(C)=O)nc2)CC1. The van der Waals surface area contributed by atoms with Crippen molar-refractivity contribution < 1.29 is 13.9 Å². The van der Waals surface area contributed by atoms with Crippen molar-refractivity contribution in [3.05, 3.63) is 90.2 Å². The number of fused-ring (bicyclic) bond motifs is 2. The van der Waals surface area contributed by atoms with Gasteiger partial charge in [0, 0.05) is 19.7 Å². The van der Waals surface area contributed by atoms with Gasteiger partial charge >= 0.3 is 0 Å². The van der Waals surface area contributed by atoms with Crippen LogP contribution in [0.4, 0.5) is 21.6 Å². The van der Waals surface area contributed by atoms with E-state index in [1.165, 1.54) is 19.1 Å². The molecule has 0 saturated heterocycles. The Balaban J connectivity index is 1.51. The van der Waals surface area contributed by atoms with E-state index in [4.69, 9.17) is 14.7 Å². The predicted molar refractivity (Wildman–Crippen MR) is 158 cm³/mol. The number of aromatic nitrogens is 3. The third kappa shape index (κ3) is 5.81. The fourth-order valence-corrected chi connectivity index (χ4v) is 5.40. The molecule has 0 atom stereocenters. The van der Waals surface area contributed by atoms with Crippen molar-refractivity contribution in [2.75, 3.05) is 17.7 Å². The number of nitrogens with one attached hydrogen (secondary N) is 2. The van der Waals surface area contributed by atoms with Crippen LogP contribution in [0.15, 0.2) is 84.0 Å². The summed E-state index contributed by atoms with van der Waals surface area (Å²) < 4.78 is 21.6. The van der Waals surface area contributed by atoms with Gasteiger partial charge in [0.05, 0.1) is 57.5 Å². The molecule has 2 N–H and O–H groups in total. The molecule has 1 aliphatic heterocycles. The van der Waals surface area contributed by atoms with Gasteiger partial charge in [-0.15, -0.1) is 0 Å². The van der Waals surface area contributed by atoms with Gasteiger partial charge in [-0.05, 0) is 86.3 Å². The Kier molecular flexibility index (Phi) is 7.43. The van der Waals surface area contributed by atoms with E-state index in [-0.39, 0.29) is 23.9 Å². The van der Waals surface area contributed by atoms with E-state index in [0.717, 1.165) is 70.5 Å². The quantitative estimate of drug-likeness (QED) is 0.245. The minimum atomic E-state index is -0.288. The Morgan fingerprint density at radius 3 is 2.51 bits per heavy atom. The van der Waals surface area contributed by atoms with Gasteiger partial charge in [-0.2, -0.15) is 0 Å². The van der Waals surface area contributed by atoms with Crippen molar-refractivity contribution in [3.8, 4) is 17.1 Å². The maximum absolute atomic E-state index is 13.9. The second-order valence-corrected chi connectivity index (χ2v) is 10.3. The first-order valence-electron chi connectivity index (χ1n) is 13.8. The van der Waals surface area contributed by atoms with Gasteiger partial charge in [-0.1, -0.05) is 12.1 Å². The topological polar surface area (TPSA) is 93.4 Å². The Labute approximate surface area is 237 Å². The van der Waals surface area contributed by atoms with Crippen LogP contribution < -0.4 is 16.0 Å². The molecule has 0 unspecified atom stereocenters. The summed E-state index contributed by atoms with van der Waals surface area (Å²) in [5.74, 6) is 0.0172. The van der Waals surface area contributed by atoms with Gasteiger partial charge < -0.3 is 19.9 Å². The first-order chi connectivity index (χ1) is 20.0. The van der Waals surface area contributed by atoms with Gasteiger partial charge in [0.2, 0.25) is 5.91 Å². The number of methoxy groups -OCH3 is 1. The summed E-state index contributed by atoms with van der Waals surface area (Å²) in [5, 5.41) is 6.97. The predicted octanol–water partition coefficient (Wildman–Crippen LogP) is 6.22. The molecule has 9 heteroatoms. The van der Waals surface area contributed by atoms with Crippen LogP contribution >= 0.6 is 0 Å². The Bertz CT molecular complexity index is 1720. The lowest BCUT2D eigenvalue weighted by Crippen LogP contribution is -2.25. The number of hydrogen-bond donors (Lipinski definition) is 2. The summed E-state index contributed by atoms with van der Waals surface area (Å²) >= 11 is 0. The number of carbonyl (C=O) groups excluding carboxylic acids is 1. The summed E-state index contributed by atoms with van der Waals surface area (Å²) in [6, 6.07) is 22.2. The maximum Gasteiger partial charge on any atom is 0.222 e. The molecule has 0 bridgehead atoms. The van der Waals surface area contributed by atoms with E-state index >= 15 is 0 Å². The van der Waals surface area contributed by atoms with Crippen molar-refractivity contribution in [2.24, 2.45) is 4.99 Å². The molecule has 3 aromatic rings. The largest absolute Gasteiger partial charge is 0.381 e. The Morgan fingerprint density at radius 1 is 1.02 bits per heavy atom. The van der Waals surface area contributed by atoms with Crippen LogP contribution in [-0.2, 0) is 9.53 Å². The number of nitrogens with zero attached hydrogens (tertiary/aromatic N) is 4. The van der Waals surface area contributed by atoms with Gasteiger partial charge in [-0.3, -0.25) is 9.79 Å². The van der Waals surface area contributed by atoms with Crippen molar-refractivity contribution in [2.45, 2.75) is 44.8 Å². The molecule has 2 aromatic carbocycles. The standard InChI is InChI=1S/C32H31FN6O2/c1-20(40)35-32-16-11-23(19-34-32)37-27-17-29-31(18-28(27)36-22-9-14-25(41-2)15-10-22)39(24-12-7-21(33)8-13-24)30-6-4-3-5-26(30)38-29/h3-8,11-13,16-19,22,25,37H,9-10,14-15H2,1-2H3,(H,34,35,40)/b36-28+/t22-,25-.